The molecule has 0 atom stereocenters. The van der Waals surface area contributed by atoms with E-state index in [9.17, 15) is 9.59 Å². The van der Waals surface area contributed by atoms with Crippen LogP contribution >= 0.6 is 0 Å². The molecule has 0 aromatic heterocycles. The topological polar surface area (TPSA) is 52.6 Å². The lowest BCUT2D eigenvalue weighted by molar-refractivity contribution is -0.170. The van der Waals surface area contributed by atoms with Gasteiger partial charge in [0.2, 0.25) is 0 Å². The summed E-state index contributed by atoms with van der Waals surface area (Å²) in [5.74, 6) is -0.404. The smallest absolute Gasteiger partial charge is 0.320 e. The van der Waals surface area contributed by atoms with Crippen LogP contribution in [0.15, 0.2) is 0 Å². The van der Waals surface area contributed by atoms with Crippen molar-refractivity contribution in [2.24, 2.45) is 5.41 Å². The molecule has 1 rings (SSSR count). The molecule has 1 fully saturated rings. The van der Waals surface area contributed by atoms with Crippen LogP contribution in [0.25, 0.3) is 0 Å². The van der Waals surface area contributed by atoms with Crippen molar-refractivity contribution in [1.29, 1.82) is 0 Å². The molecule has 4 nitrogen and oxygen atoms in total. The van der Waals surface area contributed by atoms with Crippen LogP contribution in [0, 0.1) is 5.41 Å². The summed E-state index contributed by atoms with van der Waals surface area (Å²) in [4.78, 5) is 24.0. The molecule has 92 valence electrons. The number of carbonyl (C=O) groups is 2. The fourth-order valence-corrected chi connectivity index (χ4v) is 1.98. The third-order valence-electron chi connectivity index (χ3n) is 2.93. The van der Waals surface area contributed by atoms with Crippen LogP contribution in [0.4, 0.5) is 0 Å². The van der Waals surface area contributed by atoms with Gasteiger partial charge in [0.1, 0.15) is 11.2 Å². The van der Waals surface area contributed by atoms with Crippen LogP contribution in [0.3, 0.4) is 0 Å². The van der Waals surface area contributed by atoms with Crippen molar-refractivity contribution in [3.63, 3.8) is 0 Å². The molecule has 0 aromatic carbocycles. The summed E-state index contributed by atoms with van der Waals surface area (Å²) in [6, 6.07) is 0. The summed E-state index contributed by atoms with van der Waals surface area (Å²) < 4.78 is 10.4. The van der Waals surface area contributed by atoms with Gasteiger partial charge in [-0.05, 0) is 26.7 Å². The zero-order valence-corrected chi connectivity index (χ0v) is 10.2. The lowest BCUT2D eigenvalue weighted by Crippen LogP contribution is -2.45. The Labute approximate surface area is 96.3 Å². The van der Waals surface area contributed by atoms with E-state index in [-0.39, 0.29) is 17.9 Å². The summed E-state index contributed by atoms with van der Waals surface area (Å²) in [6.45, 7) is 6.28. The van der Waals surface area contributed by atoms with Gasteiger partial charge in [0.25, 0.3) is 0 Å². The average Bonchev–Trinajstić information content (AvgIpc) is 2.28. The molecule has 1 heterocycles. The molecule has 0 spiro atoms. The first-order chi connectivity index (χ1) is 7.53. The van der Waals surface area contributed by atoms with Gasteiger partial charge in [-0.15, -0.1) is 0 Å². The van der Waals surface area contributed by atoms with E-state index in [0.717, 1.165) is 0 Å². The molecule has 0 radical (unpaired) electrons. The first-order valence-electron chi connectivity index (χ1n) is 5.85. The Morgan fingerprint density at radius 1 is 1.31 bits per heavy atom. The summed E-state index contributed by atoms with van der Waals surface area (Å²) in [7, 11) is 0. The van der Waals surface area contributed by atoms with Crippen LogP contribution in [-0.4, -0.2) is 31.1 Å². The summed E-state index contributed by atoms with van der Waals surface area (Å²) in [5, 5.41) is 0. The van der Waals surface area contributed by atoms with Crippen LogP contribution < -0.4 is 0 Å². The van der Waals surface area contributed by atoms with Crippen molar-refractivity contribution in [3.8, 4) is 0 Å². The molecule has 1 saturated heterocycles. The molecule has 0 aromatic rings. The van der Waals surface area contributed by atoms with Crippen molar-refractivity contribution in [2.45, 2.75) is 46.1 Å². The lowest BCUT2D eigenvalue weighted by Gasteiger charge is -2.33. The van der Waals surface area contributed by atoms with E-state index in [4.69, 9.17) is 9.47 Å². The van der Waals surface area contributed by atoms with Gasteiger partial charge in [0, 0.05) is 19.6 Å². The highest BCUT2D eigenvalue weighted by Crippen LogP contribution is 2.34. The van der Waals surface area contributed by atoms with Gasteiger partial charge in [-0.1, -0.05) is 6.92 Å². The van der Waals surface area contributed by atoms with Crippen LogP contribution in [0.1, 0.15) is 40.0 Å². The van der Waals surface area contributed by atoms with Crippen molar-refractivity contribution >= 4 is 11.8 Å². The molecular weight excluding hydrogens is 208 g/mol. The molecule has 1 aliphatic rings. The lowest BCUT2D eigenvalue weighted by atomic mass is 9.75. The first kappa shape index (κ1) is 13.2. The van der Waals surface area contributed by atoms with Gasteiger partial charge >= 0.3 is 5.97 Å². The summed E-state index contributed by atoms with van der Waals surface area (Å²) >= 11 is 0. The van der Waals surface area contributed by atoms with Gasteiger partial charge in [-0.3, -0.25) is 9.59 Å². The number of Topliss-reactive ketones (excluding diaryl/α,β-unsaturated/α-hetero) is 1. The maximum atomic E-state index is 12.0. The Morgan fingerprint density at radius 2 is 1.88 bits per heavy atom. The van der Waals surface area contributed by atoms with Crippen molar-refractivity contribution in [1.82, 2.24) is 0 Å². The Bertz CT molecular complexity index is 264. The molecule has 0 aliphatic carbocycles. The number of esters is 1. The number of rotatable bonds is 4. The monoisotopic (exact) mass is 228 g/mol. The number of ketones is 1. The molecule has 4 heteroatoms. The van der Waals surface area contributed by atoms with Crippen molar-refractivity contribution < 1.29 is 19.1 Å². The molecule has 0 N–H and O–H groups in total. The predicted octanol–water partition coefficient (Wildman–Crippen LogP) is 1.71. The quantitative estimate of drug-likeness (QED) is 0.543. The van der Waals surface area contributed by atoms with E-state index >= 15 is 0 Å². The van der Waals surface area contributed by atoms with Crippen LogP contribution in [0.5, 0.6) is 0 Å². The summed E-state index contributed by atoms with van der Waals surface area (Å²) in [6.07, 6.45) is 1.08. The molecule has 0 unspecified atom stereocenters. The highest BCUT2D eigenvalue weighted by atomic mass is 16.5. The van der Waals surface area contributed by atoms with E-state index in [1.165, 1.54) is 0 Å². The average molecular weight is 228 g/mol. The Hall–Kier alpha value is -0.900. The second kappa shape index (κ2) is 5.43. The fourth-order valence-electron chi connectivity index (χ4n) is 1.98. The van der Waals surface area contributed by atoms with Gasteiger partial charge < -0.3 is 9.47 Å². The minimum Gasteiger partial charge on any atom is -0.462 e. The SMILES string of the molecule is CCC(=O)C1(C(=O)OC(C)C)CCOCC1. The Kier molecular flexibility index (Phi) is 4.47. The maximum Gasteiger partial charge on any atom is 0.320 e. The summed E-state index contributed by atoms with van der Waals surface area (Å²) in [5.41, 5.74) is -0.947. The maximum absolute atomic E-state index is 12.0. The third kappa shape index (κ3) is 2.61. The van der Waals surface area contributed by atoms with E-state index in [1.807, 2.05) is 0 Å². The third-order valence-corrected chi connectivity index (χ3v) is 2.93. The molecule has 1 aliphatic heterocycles. The van der Waals surface area contributed by atoms with Crippen LogP contribution in [0.2, 0.25) is 0 Å². The van der Waals surface area contributed by atoms with Crippen LogP contribution in [-0.2, 0) is 19.1 Å². The second-order valence-electron chi connectivity index (χ2n) is 4.43. The van der Waals surface area contributed by atoms with Gasteiger partial charge in [0.05, 0.1) is 6.10 Å². The minimum absolute atomic E-state index is 0.0264. The molecule has 0 saturated carbocycles. The van der Waals surface area contributed by atoms with Gasteiger partial charge in [-0.2, -0.15) is 0 Å². The predicted molar refractivity (Wildman–Crippen MR) is 59.0 cm³/mol. The Morgan fingerprint density at radius 3 is 2.31 bits per heavy atom. The largest absolute Gasteiger partial charge is 0.462 e. The normalized spacial score (nSPS) is 19.5. The number of hydrogen-bond acceptors (Lipinski definition) is 4. The molecule has 0 amide bonds. The highest BCUT2D eigenvalue weighted by molar-refractivity contribution is 6.03. The van der Waals surface area contributed by atoms with Gasteiger partial charge in [-0.25, -0.2) is 0 Å². The molecule has 0 bridgehead atoms. The second-order valence-corrected chi connectivity index (χ2v) is 4.43. The zero-order chi connectivity index (χ0) is 12.2. The first-order valence-corrected chi connectivity index (χ1v) is 5.85. The standard InChI is InChI=1S/C12H20O4/c1-4-10(13)12(5-7-15-8-6-12)11(14)16-9(2)3/h9H,4-8H2,1-3H3. The molecule has 16 heavy (non-hydrogen) atoms. The Balaban J connectivity index is 2.85. The van der Waals surface area contributed by atoms with Crippen molar-refractivity contribution in [3.05, 3.63) is 0 Å². The van der Waals surface area contributed by atoms with E-state index in [2.05, 4.69) is 0 Å². The molecular formula is C12H20O4. The van der Waals surface area contributed by atoms with E-state index in [1.54, 1.807) is 20.8 Å². The van der Waals surface area contributed by atoms with Crippen molar-refractivity contribution in [2.75, 3.05) is 13.2 Å². The number of hydrogen-bond donors (Lipinski definition) is 0. The minimum atomic E-state index is -0.947. The fraction of sp³-hybridized carbons (Fsp3) is 0.833. The highest BCUT2D eigenvalue weighted by Gasteiger charge is 2.47. The number of carbonyl (C=O) groups excluding carboxylic acids is 2. The number of ether oxygens (including phenoxy) is 2. The zero-order valence-electron chi connectivity index (χ0n) is 10.2. The van der Waals surface area contributed by atoms with E-state index in [0.29, 0.717) is 32.5 Å². The van der Waals surface area contributed by atoms with Gasteiger partial charge in [0.15, 0.2) is 0 Å². The van der Waals surface area contributed by atoms with E-state index < -0.39 is 5.41 Å².